The summed E-state index contributed by atoms with van der Waals surface area (Å²) in [6.45, 7) is 8.03. The Morgan fingerprint density at radius 3 is 1.42 bits per heavy atom. The Labute approximate surface area is 268 Å². The molecule has 0 aliphatic rings. The zero-order valence-electron chi connectivity index (χ0n) is 25.3. The van der Waals surface area contributed by atoms with Crippen LogP contribution in [0.4, 0.5) is 0 Å². The molecule has 0 heterocycles. The van der Waals surface area contributed by atoms with Crippen LogP contribution >= 0.6 is 0 Å². The van der Waals surface area contributed by atoms with E-state index in [9.17, 15) is 21.4 Å². The minimum atomic E-state index is -4.58. The normalized spacial score (nSPS) is 11.8. The third-order valence-corrected chi connectivity index (χ3v) is 10.4. The van der Waals surface area contributed by atoms with Crippen molar-refractivity contribution in [1.82, 2.24) is 0 Å². The van der Waals surface area contributed by atoms with Gasteiger partial charge in [-0.05, 0) is 113 Å². The topological polar surface area (TPSA) is 110 Å². The van der Waals surface area contributed by atoms with Gasteiger partial charge in [-0.2, -0.15) is 8.42 Å². The highest BCUT2D eigenvalue weighted by Gasteiger charge is 2.28. The standard InChI is InChI=1S/C22H23OS.C13H12O6S2/c1-22(2,3)23-18-14-16-21(17-15-18)24(19-10-6-4-7-11-19)20-12-8-5-9-13-20;1-10-2-6-13(7-3-10)21(17,18)19-11-4-8-12(9-5-11)20(14,15)16/h4-17H,1-3H3;2-9H,1H3,(H,14,15,16)/q+1;/p-1. The summed E-state index contributed by atoms with van der Waals surface area (Å²) in [6, 6.07) is 40.2. The summed E-state index contributed by atoms with van der Waals surface area (Å²) < 4.78 is 67.1. The molecule has 0 bridgehead atoms. The molecular weight excluding hydrogens is 629 g/mol. The van der Waals surface area contributed by atoms with Crippen LogP contribution in [0.2, 0.25) is 0 Å². The maximum atomic E-state index is 12.0. The van der Waals surface area contributed by atoms with Crippen LogP contribution in [0.3, 0.4) is 0 Å². The highest BCUT2D eigenvalue weighted by molar-refractivity contribution is 7.97. The van der Waals surface area contributed by atoms with Gasteiger partial charge in [0.05, 0.1) is 15.8 Å². The first-order valence-electron chi connectivity index (χ1n) is 13.9. The largest absolute Gasteiger partial charge is 0.744 e. The minimum absolute atomic E-state index is 0.0198. The highest BCUT2D eigenvalue weighted by atomic mass is 32.2. The van der Waals surface area contributed by atoms with Gasteiger partial charge in [-0.1, -0.05) is 54.1 Å². The molecule has 0 amide bonds. The van der Waals surface area contributed by atoms with E-state index in [4.69, 9.17) is 8.92 Å². The van der Waals surface area contributed by atoms with Gasteiger partial charge in [0, 0.05) is 0 Å². The molecule has 5 rings (SSSR count). The average molecular weight is 663 g/mol. The lowest BCUT2D eigenvalue weighted by atomic mass is 10.2. The quantitative estimate of drug-likeness (QED) is 0.0955. The summed E-state index contributed by atoms with van der Waals surface area (Å²) in [4.78, 5) is 3.48. The summed E-state index contributed by atoms with van der Waals surface area (Å²) in [6.07, 6.45) is 0. The van der Waals surface area contributed by atoms with Crippen molar-refractivity contribution in [1.29, 1.82) is 0 Å². The Morgan fingerprint density at radius 1 is 0.556 bits per heavy atom. The molecule has 0 aliphatic carbocycles. The van der Waals surface area contributed by atoms with Crippen molar-refractivity contribution in [3.63, 3.8) is 0 Å². The van der Waals surface area contributed by atoms with E-state index in [0.29, 0.717) is 0 Å². The molecule has 5 aromatic carbocycles. The zero-order valence-corrected chi connectivity index (χ0v) is 27.7. The van der Waals surface area contributed by atoms with Crippen LogP contribution < -0.4 is 8.92 Å². The predicted octanol–water partition coefficient (Wildman–Crippen LogP) is 7.63. The molecule has 234 valence electrons. The molecular formula is C35H34O7S3. The van der Waals surface area contributed by atoms with E-state index in [1.807, 2.05) is 6.92 Å². The van der Waals surface area contributed by atoms with Gasteiger partial charge in [-0.25, -0.2) is 8.42 Å². The van der Waals surface area contributed by atoms with Crippen molar-refractivity contribution >= 4 is 31.1 Å². The van der Waals surface area contributed by atoms with Crippen molar-refractivity contribution < 1.29 is 30.3 Å². The molecule has 10 heteroatoms. The molecule has 0 N–H and O–H groups in total. The van der Waals surface area contributed by atoms with E-state index in [-0.39, 0.29) is 27.1 Å². The van der Waals surface area contributed by atoms with Crippen molar-refractivity contribution in [3.05, 3.63) is 139 Å². The van der Waals surface area contributed by atoms with Crippen LogP contribution in [0.5, 0.6) is 11.5 Å². The number of benzene rings is 5. The van der Waals surface area contributed by atoms with E-state index < -0.39 is 25.1 Å². The molecule has 0 fully saturated rings. The Bertz CT molecular complexity index is 1850. The molecule has 0 radical (unpaired) electrons. The Morgan fingerprint density at radius 2 is 0.978 bits per heavy atom. The minimum Gasteiger partial charge on any atom is -0.744 e. The van der Waals surface area contributed by atoms with Crippen molar-refractivity contribution in [3.8, 4) is 11.5 Å². The molecule has 7 nitrogen and oxygen atoms in total. The Balaban J connectivity index is 0.000000207. The molecule has 0 aromatic heterocycles. The summed E-state index contributed by atoms with van der Waals surface area (Å²) in [5.74, 6) is 0.832. The molecule has 0 unspecified atom stereocenters. The summed E-state index contributed by atoms with van der Waals surface area (Å²) in [7, 11) is -8.68. The molecule has 0 saturated heterocycles. The van der Waals surface area contributed by atoms with Gasteiger partial charge >= 0.3 is 10.1 Å². The van der Waals surface area contributed by atoms with Crippen LogP contribution in [0.15, 0.2) is 158 Å². The number of rotatable bonds is 8. The monoisotopic (exact) mass is 662 g/mol. The maximum absolute atomic E-state index is 12.0. The van der Waals surface area contributed by atoms with E-state index in [2.05, 4.69) is 106 Å². The van der Waals surface area contributed by atoms with E-state index in [1.165, 1.54) is 26.8 Å². The van der Waals surface area contributed by atoms with Crippen molar-refractivity contribution in [2.75, 3.05) is 0 Å². The van der Waals surface area contributed by atoms with Gasteiger partial charge in [0.2, 0.25) is 0 Å². The molecule has 5 aromatic rings. The predicted molar refractivity (Wildman–Crippen MR) is 175 cm³/mol. The van der Waals surface area contributed by atoms with Crippen LogP contribution in [0.1, 0.15) is 26.3 Å². The van der Waals surface area contributed by atoms with Gasteiger partial charge in [0.1, 0.15) is 32.1 Å². The fourth-order valence-electron chi connectivity index (χ4n) is 4.06. The zero-order chi connectivity index (χ0) is 32.7. The van der Waals surface area contributed by atoms with E-state index in [1.54, 1.807) is 12.1 Å². The fourth-order valence-corrected chi connectivity index (χ4v) is 7.54. The second kappa shape index (κ2) is 14.3. The number of hydrogen-bond donors (Lipinski definition) is 0. The summed E-state index contributed by atoms with van der Waals surface area (Å²) in [5, 5.41) is 0. The lowest BCUT2D eigenvalue weighted by molar-refractivity contribution is 0.131. The van der Waals surface area contributed by atoms with Crippen LogP contribution in [-0.4, -0.2) is 27.0 Å². The Hall–Kier alpha value is -4.09. The molecule has 45 heavy (non-hydrogen) atoms. The smallest absolute Gasteiger partial charge is 0.339 e. The average Bonchev–Trinajstić information content (AvgIpc) is 2.99. The van der Waals surface area contributed by atoms with Gasteiger partial charge in [-0.15, -0.1) is 0 Å². The number of hydrogen-bond acceptors (Lipinski definition) is 7. The van der Waals surface area contributed by atoms with Gasteiger partial charge in [-0.3, -0.25) is 0 Å². The number of ether oxygens (including phenoxy) is 1. The first kappa shape index (κ1) is 33.8. The summed E-state index contributed by atoms with van der Waals surface area (Å²) >= 11 is 0. The van der Waals surface area contributed by atoms with Gasteiger partial charge in [0.25, 0.3) is 0 Å². The molecule has 0 aliphatic heterocycles. The second-order valence-corrected chi connectivity index (χ2v) is 15.8. The van der Waals surface area contributed by atoms with E-state index >= 15 is 0 Å². The number of aryl methyl sites for hydroxylation is 1. The SMILES string of the molecule is CC(C)(C)Oc1ccc([S+](c2ccccc2)c2ccccc2)cc1.Cc1ccc(S(=O)(=O)Oc2ccc(S(=O)(=O)[O-])cc2)cc1. The molecule has 0 saturated carbocycles. The maximum Gasteiger partial charge on any atom is 0.339 e. The van der Waals surface area contributed by atoms with Crippen molar-refractivity contribution in [2.45, 2.75) is 57.8 Å². The van der Waals surface area contributed by atoms with Crippen LogP contribution in [-0.2, 0) is 31.1 Å². The van der Waals surface area contributed by atoms with Gasteiger partial charge in [0.15, 0.2) is 14.7 Å². The van der Waals surface area contributed by atoms with Crippen molar-refractivity contribution in [2.24, 2.45) is 0 Å². The third-order valence-electron chi connectivity index (χ3n) is 6.07. The first-order valence-corrected chi connectivity index (χ1v) is 18.0. The van der Waals surface area contributed by atoms with Crippen LogP contribution in [0, 0.1) is 6.92 Å². The lowest BCUT2D eigenvalue weighted by Crippen LogP contribution is -2.22. The molecule has 0 atom stereocenters. The van der Waals surface area contributed by atoms with E-state index in [0.717, 1.165) is 35.6 Å². The summed E-state index contributed by atoms with van der Waals surface area (Å²) in [5.41, 5.74) is 0.723. The molecule has 0 spiro atoms. The highest BCUT2D eigenvalue weighted by Crippen LogP contribution is 2.32. The van der Waals surface area contributed by atoms with Crippen LogP contribution in [0.25, 0.3) is 0 Å². The lowest BCUT2D eigenvalue weighted by Gasteiger charge is -2.21. The first-order chi connectivity index (χ1) is 21.2. The third kappa shape index (κ3) is 9.95. The second-order valence-electron chi connectivity index (χ2n) is 10.9. The van der Waals surface area contributed by atoms with Gasteiger partial charge < -0.3 is 13.5 Å². The Kier molecular flexibility index (Phi) is 10.8. The fraction of sp³-hybridized carbons (Fsp3) is 0.143.